The summed E-state index contributed by atoms with van der Waals surface area (Å²) >= 11 is 0. The van der Waals surface area contributed by atoms with E-state index in [-0.39, 0.29) is 5.92 Å². The van der Waals surface area contributed by atoms with E-state index >= 15 is 0 Å². The van der Waals surface area contributed by atoms with Crippen molar-refractivity contribution in [3.8, 4) is 23.2 Å². The van der Waals surface area contributed by atoms with Gasteiger partial charge in [-0.3, -0.25) is 4.79 Å². The number of methoxy groups -OCH3 is 1. The van der Waals surface area contributed by atoms with E-state index < -0.39 is 0 Å². The van der Waals surface area contributed by atoms with Crippen LogP contribution in [0.5, 0.6) is 5.88 Å². The summed E-state index contributed by atoms with van der Waals surface area (Å²) in [6.07, 6.45) is 7.64. The molecule has 2 saturated heterocycles. The molecule has 0 saturated carbocycles. The first-order valence-corrected chi connectivity index (χ1v) is 10.2. The number of amides is 1. The molecule has 30 heavy (non-hydrogen) atoms. The third-order valence-corrected chi connectivity index (χ3v) is 6.13. The molecule has 3 aromatic heterocycles. The fourth-order valence-corrected chi connectivity index (χ4v) is 4.22. The van der Waals surface area contributed by atoms with Crippen molar-refractivity contribution in [1.29, 1.82) is 5.26 Å². The van der Waals surface area contributed by atoms with Crippen LogP contribution in [0.4, 0.5) is 0 Å². The van der Waals surface area contributed by atoms with Gasteiger partial charge in [0.2, 0.25) is 5.91 Å². The van der Waals surface area contributed by atoms with Crippen LogP contribution in [0.15, 0.2) is 30.9 Å². The molecule has 5 rings (SSSR count). The van der Waals surface area contributed by atoms with Crippen LogP contribution < -0.4 is 10.1 Å². The standard InChI is InChI=1S/C21H23N7O2/c1-30-20-17(8-22)19-3-2-14(11-28(19)25-20)18-12-27(13-24-18)16-4-6-26(7-5-16)21(29)15-9-23-10-15/h2-3,11-13,15-16,23H,4-7,9-10H2,1H3. The number of fused-ring (bicyclic) bond motifs is 1. The van der Waals surface area contributed by atoms with Gasteiger partial charge in [0.25, 0.3) is 5.88 Å². The SMILES string of the molecule is COc1nn2cc(-c3cn(C4CCN(C(=O)C5CNC5)CC4)cn3)ccc2c1C#N. The molecule has 2 aliphatic rings. The molecule has 0 unspecified atom stereocenters. The Morgan fingerprint density at radius 2 is 2.07 bits per heavy atom. The van der Waals surface area contributed by atoms with Crippen molar-refractivity contribution in [2.24, 2.45) is 5.92 Å². The lowest BCUT2D eigenvalue weighted by Gasteiger charge is -2.37. The molecule has 2 aliphatic heterocycles. The Labute approximate surface area is 173 Å². The highest BCUT2D eigenvalue weighted by molar-refractivity contribution is 5.80. The molecule has 2 fully saturated rings. The number of nitriles is 1. The molecule has 0 radical (unpaired) electrons. The smallest absolute Gasteiger partial charge is 0.251 e. The minimum absolute atomic E-state index is 0.166. The summed E-state index contributed by atoms with van der Waals surface area (Å²) in [6, 6.07) is 6.29. The fraction of sp³-hybridized carbons (Fsp3) is 0.429. The summed E-state index contributed by atoms with van der Waals surface area (Å²) in [4.78, 5) is 19.0. The zero-order valence-electron chi connectivity index (χ0n) is 16.8. The summed E-state index contributed by atoms with van der Waals surface area (Å²) in [7, 11) is 1.51. The van der Waals surface area contributed by atoms with E-state index in [4.69, 9.17) is 4.74 Å². The van der Waals surface area contributed by atoms with E-state index in [0.29, 0.717) is 28.9 Å². The highest BCUT2D eigenvalue weighted by Gasteiger charge is 2.31. The Morgan fingerprint density at radius 1 is 1.27 bits per heavy atom. The number of piperidine rings is 1. The summed E-state index contributed by atoms with van der Waals surface area (Å²) in [5.41, 5.74) is 2.90. The highest BCUT2D eigenvalue weighted by Crippen LogP contribution is 2.28. The second kappa shape index (κ2) is 7.46. The van der Waals surface area contributed by atoms with Crippen LogP contribution in [-0.2, 0) is 4.79 Å². The molecule has 0 spiro atoms. The first kappa shape index (κ1) is 18.6. The molecule has 3 aromatic rings. The number of carbonyl (C=O) groups excluding carboxylic acids is 1. The lowest BCUT2D eigenvalue weighted by Crippen LogP contribution is -2.53. The molecule has 0 bridgehead atoms. The summed E-state index contributed by atoms with van der Waals surface area (Å²) < 4.78 is 9.00. The van der Waals surface area contributed by atoms with Gasteiger partial charge in [0.15, 0.2) is 0 Å². The summed E-state index contributed by atoms with van der Waals surface area (Å²) in [6.45, 7) is 3.21. The molecule has 9 nitrogen and oxygen atoms in total. The Hall–Kier alpha value is -3.38. The first-order valence-electron chi connectivity index (χ1n) is 10.2. The van der Waals surface area contributed by atoms with Gasteiger partial charge in [0.1, 0.15) is 11.6 Å². The average Bonchev–Trinajstić information content (AvgIpc) is 3.36. The van der Waals surface area contributed by atoms with Gasteiger partial charge < -0.3 is 19.5 Å². The Morgan fingerprint density at radius 3 is 2.73 bits per heavy atom. The Bertz CT molecular complexity index is 1130. The normalized spacial score (nSPS) is 17.7. The minimum atomic E-state index is 0.166. The quantitative estimate of drug-likeness (QED) is 0.705. The second-order valence-electron chi connectivity index (χ2n) is 7.86. The third-order valence-electron chi connectivity index (χ3n) is 6.13. The van der Waals surface area contributed by atoms with Crippen LogP contribution in [-0.4, -0.2) is 63.3 Å². The molecule has 0 atom stereocenters. The van der Waals surface area contributed by atoms with Crippen LogP contribution in [0, 0.1) is 17.2 Å². The third kappa shape index (κ3) is 3.09. The van der Waals surface area contributed by atoms with Crippen molar-refractivity contribution in [1.82, 2.24) is 29.4 Å². The van der Waals surface area contributed by atoms with Crippen LogP contribution in [0.1, 0.15) is 24.4 Å². The van der Waals surface area contributed by atoms with Crippen molar-refractivity contribution in [3.63, 3.8) is 0 Å². The average molecular weight is 405 g/mol. The predicted molar refractivity (Wildman–Crippen MR) is 109 cm³/mol. The van der Waals surface area contributed by atoms with Gasteiger partial charge in [-0.2, -0.15) is 5.26 Å². The van der Waals surface area contributed by atoms with Gasteiger partial charge in [-0.25, -0.2) is 9.50 Å². The lowest BCUT2D eigenvalue weighted by molar-refractivity contribution is -0.138. The maximum absolute atomic E-state index is 12.4. The number of ether oxygens (including phenoxy) is 1. The monoisotopic (exact) mass is 405 g/mol. The number of nitrogens with one attached hydrogen (secondary N) is 1. The number of nitrogens with zero attached hydrogens (tertiary/aromatic N) is 6. The van der Waals surface area contributed by atoms with Gasteiger partial charge in [-0.15, -0.1) is 5.10 Å². The van der Waals surface area contributed by atoms with E-state index in [0.717, 1.165) is 50.3 Å². The number of hydrogen-bond acceptors (Lipinski definition) is 6. The van der Waals surface area contributed by atoms with Crippen molar-refractivity contribution in [2.75, 3.05) is 33.3 Å². The summed E-state index contributed by atoms with van der Waals surface area (Å²) in [5.74, 6) is 0.774. The van der Waals surface area contributed by atoms with E-state index in [2.05, 4.69) is 26.0 Å². The topological polar surface area (TPSA) is 100 Å². The van der Waals surface area contributed by atoms with Gasteiger partial charge in [-0.05, 0) is 25.0 Å². The van der Waals surface area contributed by atoms with Crippen molar-refractivity contribution in [2.45, 2.75) is 18.9 Å². The zero-order chi connectivity index (χ0) is 20.7. The molecule has 1 amide bonds. The van der Waals surface area contributed by atoms with Gasteiger partial charge in [0.05, 0.1) is 30.6 Å². The van der Waals surface area contributed by atoms with Crippen LogP contribution in [0.2, 0.25) is 0 Å². The van der Waals surface area contributed by atoms with Crippen molar-refractivity contribution in [3.05, 3.63) is 36.4 Å². The molecule has 154 valence electrons. The minimum Gasteiger partial charge on any atom is -0.479 e. The van der Waals surface area contributed by atoms with Crippen LogP contribution >= 0.6 is 0 Å². The number of aromatic nitrogens is 4. The largest absolute Gasteiger partial charge is 0.479 e. The molecular weight excluding hydrogens is 382 g/mol. The number of pyridine rings is 1. The van der Waals surface area contributed by atoms with Gasteiger partial charge in [0, 0.05) is 50.2 Å². The molecule has 1 N–H and O–H groups in total. The van der Waals surface area contributed by atoms with E-state index in [1.807, 2.05) is 35.8 Å². The molecule has 5 heterocycles. The molecule has 0 aromatic carbocycles. The van der Waals surface area contributed by atoms with Crippen molar-refractivity contribution >= 4 is 11.4 Å². The predicted octanol–water partition coefficient (Wildman–Crippen LogP) is 1.46. The highest BCUT2D eigenvalue weighted by atomic mass is 16.5. The zero-order valence-corrected chi connectivity index (χ0v) is 16.8. The Kier molecular flexibility index (Phi) is 4.64. The molecule has 0 aliphatic carbocycles. The maximum Gasteiger partial charge on any atom is 0.251 e. The van der Waals surface area contributed by atoms with E-state index in [1.165, 1.54) is 7.11 Å². The van der Waals surface area contributed by atoms with Gasteiger partial charge >= 0.3 is 0 Å². The van der Waals surface area contributed by atoms with E-state index in [9.17, 15) is 10.1 Å². The lowest BCUT2D eigenvalue weighted by atomic mass is 9.98. The van der Waals surface area contributed by atoms with Crippen LogP contribution in [0.3, 0.4) is 0 Å². The number of likely N-dealkylation sites (tertiary alicyclic amines) is 1. The number of imidazole rings is 1. The number of hydrogen-bond donors (Lipinski definition) is 1. The summed E-state index contributed by atoms with van der Waals surface area (Å²) in [5, 5.41) is 16.8. The fourth-order valence-electron chi connectivity index (χ4n) is 4.22. The maximum atomic E-state index is 12.4. The molecular formula is C21H23N7O2. The second-order valence-corrected chi connectivity index (χ2v) is 7.86. The van der Waals surface area contributed by atoms with Crippen LogP contribution in [0.25, 0.3) is 16.8 Å². The van der Waals surface area contributed by atoms with Crippen molar-refractivity contribution < 1.29 is 9.53 Å². The first-order chi connectivity index (χ1) is 14.7. The Balaban J connectivity index is 1.31. The molecule has 9 heteroatoms. The van der Waals surface area contributed by atoms with Gasteiger partial charge in [-0.1, -0.05) is 0 Å². The number of carbonyl (C=O) groups is 1. The van der Waals surface area contributed by atoms with E-state index in [1.54, 1.807) is 4.52 Å². The number of rotatable bonds is 4.